The molecule has 0 atom stereocenters. The molecule has 0 unspecified atom stereocenters. The second-order valence-electron chi connectivity index (χ2n) is 21.2. The largest absolute Gasteiger partial charge is 0.310 e. The van der Waals surface area contributed by atoms with Crippen LogP contribution in [-0.4, -0.2) is 0 Å². The van der Waals surface area contributed by atoms with Gasteiger partial charge in [0.1, 0.15) is 0 Å². The zero-order valence-corrected chi connectivity index (χ0v) is 38.3. The van der Waals surface area contributed by atoms with Gasteiger partial charge in [0, 0.05) is 29.7 Å². The average molecular weight is 827 g/mol. The molecule has 12 rings (SSSR count). The maximum absolute atomic E-state index is 8.57. The Morgan fingerprint density at radius 3 is 1.34 bits per heavy atom. The number of nitrogens with zero attached hydrogens (tertiary/aromatic N) is 1. The fourth-order valence-corrected chi connectivity index (χ4v) is 11.4. The van der Waals surface area contributed by atoms with Crippen molar-refractivity contribution in [3.63, 3.8) is 0 Å². The van der Waals surface area contributed by atoms with E-state index in [4.69, 9.17) is 1.37 Å². The number of hydrogen-bond donors (Lipinski definition) is 0. The summed E-state index contributed by atoms with van der Waals surface area (Å²) in [6.45, 7) is 18.8. The van der Waals surface area contributed by atoms with Crippen molar-refractivity contribution in [2.45, 2.75) is 82.9 Å². The SMILES string of the molecule is [2H]C1(c2ccc(-c3ccc(N(c4ccc5c(c4)C(C)(C)c4ccccc4-5)c4ccc5c(c4)C4(c6ccccc6-5)c5cc(C(C)(C)C)ccc5-c5ccc(C(C)(C)C)cc54)cc3)cc2)C=C1. The molecule has 0 aliphatic heterocycles. The molecule has 0 radical (unpaired) electrons. The summed E-state index contributed by atoms with van der Waals surface area (Å²) in [5, 5.41) is 0. The third-order valence-electron chi connectivity index (χ3n) is 15.0. The van der Waals surface area contributed by atoms with E-state index in [2.05, 4.69) is 230 Å². The number of hydrogen-bond acceptors (Lipinski definition) is 1. The minimum atomic E-state index is -0.642. The molecule has 0 bridgehead atoms. The highest BCUT2D eigenvalue weighted by Gasteiger charge is 2.52. The van der Waals surface area contributed by atoms with Crippen molar-refractivity contribution < 1.29 is 1.37 Å². The molecule has 1 nitrogen and oxygen atoms in total. The van der Waals surface area contributed by atoms with Crippen LogP contribution in [0.3, 0.4) is 0 Å². The van der Waals surface area contributed by atoms with Gasteiger partial charge in [0.25, 0.3) is 0 Å². The zero-order chi connectivity index (χ0) is 44.8. The third-order valence-corrected chi connectivity index (χ3v) is 15.0. The quantitative estimate of drug-likeness (QED) is 0.156. The van der Waals surface area contributed by atoms with Crippen LogP contribution in [-0.2, 0) is 21.7 Å². The van der Waals surface area contributed by atoms with Gasteiger partial charge < -0.3 is 4.90 Å². The fourth-order valence-electron chi connectivity index (χ4n) is 11.4. The van der Waals surface area contributed by atoms with Gasteiger partial charge in [-0.15, -0.1) is 0 Å². The molecule has 0 heterocycles. The standard InChI is InChI=1S/C63H55N/c1-60(2,3)43-25-31-51-52-32-26-44(61(4,5)6)36-58(52)63(57(51)35-43)55-16-12-10-14-49(55)53-34-30-47(38-59(53)63)64(45-27-23-42(24-28-45)41-21-19-40(20-22-41)39-17-18-39)46-29-33-50-48-13-9-11-15-54(48)62(7,8)56(50)37-46/h9-39H,1-8H3/i39D. The zero-order valence-electron chi connectivity index (χ0n) is 39.3. The summed E-state index contributed by atoms with van der Waals surface area (Å²) in [7, 11) is 0. The van der Waals surface area contributed by atoms with E-state index in [9.17, 15) is 0 Å². The van der Waals surface area contributed by atoms with E-state index in [0.717, 1.165) is 33.8 Å². The molecule has 0 amide bonds. The van der Waals surface area contributed by atoms with Gasteiger partial charge in [0.05, 0.1) is 5.41 Å². The minimum Gasteiger partial charge on any atom is -0.310 e. The predicted molar refractivity (Wildman–Crippen MR) is 270 cm³/mol. The lowest BCUT2D eigenvalue weighted by molar-refractivity contribution is 0.586. The van der Waals surface area contributed by atoms with Crippen molar-refractivity contribution >= 4 is 17.1 Å². The highest BCUT2D eigenvalue weighted by Crippen LogP contribution is 2.64. The summed E-state index contributed by atoms with van der Waals surface area (Å²) >= 11 is 0. The topological polar surface area (TPSA) is 3.24 Å². The Labute approximate surface area is 381 Å². The molecule has 0 N–H and O–H groups in total. The first kappa shape index (κ1) is 37.8. The van der Waals surface area contributed by atoms with Crippen molar-refractivity contribution in [3.8, 4) is 44.5 Å². The van der Waals surface area contributed by atoms with Crippen LogP contribution in [0.4, 0.5) is 17.1 Å². The summed E-state index contributed by atoms with van der Waals surface area (Å²) < 4.78 is 8.57. The molecule has 8 aromatic rings. The summed E-state index contributed by atoms with van der Waals surface area (Å²) in [5.74, 6) is -0.642. The van der Waals surface area contributed by atoms with Crippen LogP contribution in [0.15, 0.2) is 182 Å². The third kappa shape index (κ3) is 5.62. The van der Waals surface area contributed by atoms with E-state index >= 15 is 0 Å². The molecular weight excluding hydrogens is 771 g/mol. The van der Waals surface area contributed by atoms with Crippen LogP contribution in [0, 0.1) is 0 Å². The molecule has 1 spiro atoms. The van der Waals surface area contributed by atoms with Gasteiger partial charge in [-0.05, 0) is 142 Å². The normalized spacial score (nSPS) is 16.3. The van der Waals surface area contributed by atoms with E-state index in [0.29, 0.717) is 0 Å². The second-order valence-corrected chi connectivity index (χ2v) is 21.2. The van der Waals surface area contributed by atoms with Crippen LogP contribution in [0.5, 0.6) is 0 Å². The molecule has 4 aliphatic rings. The smallest absolute Gasteiger partial charge is 0.0726 e. The Hall–Kier alpha value is -6.70. The first-order valence-electron chi connectivity index (χ1n) is 23.6. The van der Waals surface area contributed by atoms with Crippen LogP contribution in [0.25, 0.3) is 44.5 Å². The molecule has 312 valence electrons. The number of benzene rings is 8. The van der Waals surface area contributed by atoms with E-state index in [1.54, 1.807) is 0 Å². The number of anilines is 3. The minimum absolute atomic E-state index is 0.0193. The van der Waals surface area contributed by atoms with Gasteiger partial charge in [0.2, 0.25) is 0 Å². The molecule has 0 aromatic heterocycles. The number of fused-ring (bicyclic) bond motifs is 13. The first-order chi connectivity index (χ1) is 31.1. The van der Waals surface area contributed by atoms with Gasteiger partial charge in [0.15, 0.2) is 0 Å². The van der Waals surface area contributed by atoms with Crippen LogP contribution < -0.4 is 4.90 Å². The first-order valence-corrected chi connectivity index (χ1v) is 23.1. The van der Waals surface area contributed by atoms with E-state index in [1.165, 1.54) is 77.9 Å². The Morgan fingerprint density at radius 2 is 0.812 bits per heavy atom. The van der Waals surface area contributed by atoms with Crippen molar-refractivity contribution in [2.24, 2.45) is 0 Å². The molecule has 4 aliphatic carbocycles. The van der Waals surface area contributed by atoms with Crippen molar-refractivity contribution in [1.82, 2.24) is 0 Å². The van der Waals surface area contributed by atoms with E-state index in [-0.39, 0.29) is 16.2 Å². The Balaban J connectivity index is 1.09. The highest BCUT2D eigenvalue weighted by atomic mass is 15.1. The summed E-state index contributed by atoms with van der Waals surface area (Å²) in [5.41, 5.74) is 24.8. The lowest BCUT2D eigenvalue weighted by atomic mass is 9.68. The number of allylic oxidation sites excluding steroid dienone is 2. The molecular formula is C63H55N. The summed E-state index contributed by atoms with van der Waals surface area (Å²) in [6.07, 6.45) is 3.89. The Bertz CT molecular complexity index is 3240. The maximum Gasteiger partial charge on any atom is 0.0726 e. The van der Waals surface area contributed by atoms with Gasteiger partial charge in [-0.3, -0.25) is 0 Å². The maximum atomic E-state index is 8.57. The van der Waals surface area contributed by atoms with E-state index in [1.807, 2.05) is 12.2 Å². The van der Waals surface area contributed by atoms with Crippen LogP contribution in [0.2, 0.25) is 0 Å². The monoisotopic (exact) mass is 826 g/mol. The molecule has 1 heteroatoms. The summed E-state index contributed by atoms with van der Waals surface area (Å²) in [6, 6.07) is 64.7. The lowest BCUT2D eigenvalue weighted by Crippen LogP contribution is -2.27. The highest BCUT2D eigenvalue weighted by molar-refractivity contribution is 5.97. The molecule has 64 heavy (non-hydrogen) atoms. The lowest BCUT2D eigenvalue weighted by Gasteiger charge is -2.34. The number of rotatable bonds is 5. The van der Waals surface area contributed by atoms with Crippen molar-refractivity contribution in [2.75, 3.05) is 4.90 Å². The van der Waals surface area contributed by atoms with Crippen molar-refractivity contribution in [1.29, 1.82) is 0 Å². The molecule has 0 saturated heterocycles. The molecule has 0 saturated carbocycles. The van der Waals surface area contributed by atoms with Gasteiger partial charge in [-0.25, -0.2) is 0 Å². The Kier molecular flexibility index (Phi) is 7.93. The Morgan fingerprint density at radius 1 is 0.406 bits per heavy atom. The van der Waals surface area contributed by atoms with Crippen LogP contribution >= 0.6 is 0 Å². The molecule has 8 aromatic carbocycles. The fraction of sp³-hybridized carbons (Fsp3) is 0.206. The average Bonchev–Trinajstić information content (AvgIpc) is 3.83. The molecule has 0 fully saturated rings. The van der Waals surface area contributed by atoms with Gasteiger partial charge in [-0.2, -0.15) is 0 Å². The summed E-state index contributed by atoms with van der Waals surface area (Å²) in [4.78, 5) is 2.49. The van der Waals surface area contributed by atoms with Gasteiger partial charge in [-0.1, -0.05) is 201 Å². The van der Waals surface area contributed by atoms with Crippen molar-refractivity contribution in [3.05, 3.63) is 232 Å². The van der Waals surface area contributed by atoms with E-state index < -0.39 is 11.3 Å². The second kappa shape index (κ2) is 13.4. The predicted octanol–water partition coefficient (Wildman–Crippen LogP) is 16.7. The van der Waals surface area contributed by atoms with Crippen LogP contribution in [0.1, 0.15) is 113 Å². The van der Waals surface area contributed by atoms with Gasteiger partial charge >= 0.3 is 0 Å².